The van der Waals surface area contributed by atoms with Crippen LogP contribution in [0.1, 0.15) is 6.92 Å². The summed E-state index contributed by atoms with van der Waals surface area (Å²) in [5, 5.41) is 2.61. The summed E-state index contributed by atoms with van der Waals surface area (Å²) in [6, 6.07) is 4.71. The molecule has 0 radical (unpaired) electrons. The number of rotatable bonds is 4. The Balaban J connectivity index is 1.42. The minimum atomic E-state index is -0.568. The van der Waals surface area contributed by atoms with Gasteiger partial charge in [0.15, 0.2) is 0 Å². The monoisotopic (exact) mass is 406 g/mol. The first-order valence-corrected chi connectivity index (χ1v) is 9.49. The highest BCUT2D eigenvalue weighted by Crippen LogP contribution is 2.39. The van der Waals surface area contributed by atoms with Gasteiger partial charge in [-0.3, -0.25) is 9.69 Å². The maximum atomic E-state index is 14.8. The molecule has 1 unspecified atom stereocenters. The maximum absolute atomic E-state index is 14.8. The fourth-order valence-electron chi connectivity index (χ4n) is 4.18. The van der Waals surface area contributed by atoms with E-state index in [1.54, 1.807) is 17.0 Å². The van der Waals surface area contributed by atoms with Crippen LogP contribution in [0.5, 0.6) is 0 Å². The van der Waals surface area contributed by atoms with Crippen molar-refractivity contribution in [2.75, 3.05) is 49.6 Å². The third-order valence-corrected chi connectivity index (χ3v) is 5.68. The van der Waals surface area contributed by atoms with E-state index in [2.05, 4.69) is 5.32 Å². The largest absolute Gasteiger partial charge is 0.453 e. The van der Waals surface area contributed by atoms with Crippen LogP contribution in [0, 0.1) is 11.7 Å². The molecular weight excluding hydrogens is 383 g/mol. The summed E-state index contributed by atoms with van der Waals surface area (Å²) in [5.41, 5.74) is 0.852. The quantitative estimate of drug-likeness (QED) is 0.807. The van der Waals surface area contributed by atoms with Crippen LogP contribution in [0.15, 0.2) is 18.2 Å². The number of carbonyl (C=O) groups is 3. The SMILES string of the molecule is COC(=O)N1C[C@@H]2CN(c3ccc(N4CC(CNC(C)=O)OC4=O)cc3F)[C@@H]2C1. The zero-order valence-electron chi connectivity index (χ0n) is 16.3. The zero-order chi connectivity index (χ0) is 20.7. The minimum Gasteiger partial charge on any atom is -0.453 e. The van der Waals surface area contributed by atoms with Crippen LogP contribution in [-0.2, 0) is 14.3 Å². The molecule has 29 heavy (non-hydrogen) atoms. The second-order valence-corrected chi connectivity index (χ2v) is 7.54. The molecule has 0 aromatic heterocycles. The van der Waals surface area contributed by atoms with Crippen LogP contribution < -0.4 is 15.1 Å². The van der Waals surface area contributed by atoms with Gasteiger partial charge in [0, 0.05) is 32.5 Å². The number of hydrogen-bond donors (Lipinski definition) is 1. The van der Waals surface area contributed by atoms with E-state index in [9.17, 15) is 18.8 Å². The first kappa shape index (κ1) is 19.3. The second kappa shape index (κ2) is 7.41. The Morgan fingerprint density at radius 1 is 1.28 bits per heavy atom. The van der Waals surface area contributed by atoms with Gasteiger partial charge >= 0.3 is 12.2 Å². The number of methoxy groups -OCH3 is 1. The lowest BCUT2D eigenvalue weighted by Gasteiger charge is -2.45. The highest BCUT2D eigenvalue weighted by Gasteiger charge is 2.48. The fourth-order valence-corrected chi connectivity index (χ4v) is 4.18. The van der Waals surface area contributed by atoms with Gasteiger partial charge in [-0.1, -0.05) is 0 Å². The smallest absolute Gasteiger partial charge is 0.414 e. The lowest BCUT2D eigenvalue weighted by molar-refractivity contribution is -0.119. The average molecular weight is 406 g/mol. The van der Waals surface area contributed by atoms with Gasteiger partial charge in [-0.05, 0) is 18.2 Å². The third-order valence-electron chi connectivity index (χ3n) is 5.68. The predicted molar refractivity (Wildman–Crippen MR) is 101 cm³/mol. The van der Waals surface area contributed by atoms with Crippen LogP contribution in [0.4, 0.5) is 25.4 Å². The van der Waals surface area contributed by atoms with E-state index in [1.165, 1.54) is 25.0 Å². The van der Waals surface area contributed by atoms with E-state index in [0.29, 0.717) is 36.9 Å². The third kappa shape index (κ3) is 3.54. The Morgan fingerprint density at radius 3 is 2.76 bits per heavy atom. The molecule has 3 fully saturated rings. The van der Waals surface area contributed by atoms with E-state index in [-0.39, 0.29) is 31.1 Å². The van der Waals surface area contributed by atoms with Gasteiger partial charge in [0.05, 0.1) is 37.6 Å². The molecule has 156 valence electrons. The van der Waals surface area contributed by atoms with Gasteiger partial charge in [0.1, 0.15) is 11.9 Å². The molecular formula is C19H23FN4O5. The van der Waals surface area contributed by atoms with Crippen LogP contribution in [0.3, 0.4) is 0 Å². The van der Waals surface area contributed by atoms with Crippen LogP contribution >= 0.6 is 0 Å². The number of ether oxygens (including phenoxy) is 2. The van der Waals surface area contributed by atoms with Crippen molar-refractivity contribution >= 4 is 29.5 Å². The van der Waals surface area contributed by atoms with Crippen molar-refractivity contribution in [3.8, 4) is 0 Å². The first-order valence-electron chi connectivity index (χ1n) is 9.49. The number of amides is 3. The number of hydrogen-bond acceptors (Lipinski definition) is 6. The van der Waals surface area contributed by atoms with E-state index < -0.39 is 18.0 Å². The normalized spacial score (nSPS) is 25.4. The molecule has 1 aromatic carbocycles. The molecule has 10 heteroatoms. The summed E-state index contributed by atoms with van der Waals surface area (Å²) in [5.74, 6) is -0.340. The van der Waals surface area contributed by atoms with E-state index >= 15 is 0 Å². The van der Waals surface area contributed by atoms with Gasteiger partial charge < -0.3 is 24.6 Å². The average Bonchev–Trinajstić information content (AvgIpc) is 3.21. The molecule has 3 aliphatic rings. The highest BCUT2D eigenvalue weighted by atomic mass is 19.1. The van der Waals surface area contributed by atoms with Crippen molar-refractivity contribution in [3.05, 3.63) is 24.0 Å². The fraction of sp³-hybridized carbons (Fsp3) is 0.526. The van der Waals surface area contributed by atoms with Gasteiger partial charge in [0.25, 0.3) is 0 Å². The maximum Gasteiger partial charge on any atom is 0.414 e. The summed E-state index contributed by atoms with van der Waals surface area (Å²) < 4.78 is 24.8. The highest BCUT2D eigenvalue weighted by molar-refractivity contribution is 5.90. The number of likely N-dealkylation sites (tertiary alicyclic amines) is 1. The summed E-state index contributed by atoms with van der Waals surface area (Å²) in [6.45, 7) is 3.62. The summed E-state index contributed by atoms with van der Waals surface area (Å²) >= 11 is 0. The Kier molecular flexibility index (Phi) is 4.93. The van der Waals surface area contributed by atoms with Crippen LogP contribution in [0.25, 0.3) is 0 Å². The van der Waals surface area contributed by atoms with Gasteiger partial charge in [0.2, 0.25) is 5.91 Å². The Labute approximate surface area is 167 Å². The van der Waals surface area contributed by atoms with Crippen molar-refractivity contribution in [1.82, 2.24) is 10.2 Å². The van der Waals surface area contributed by atoms with E-state index in [4.69, 9.17) is 9.47 Å². The van der Waals surface area contributed by atoms with E-state index in [1.807, 2.05) is 4.90 Å². The molecule has 1 aromatic rings. The number of benzene rings is 1. The van der Waals surface area contributed by atoms with Gasteiger partial charge in [-0.15, -0.1) is 0 Å². The molecule has 3 heterocycles. The molecule has 1 N–H and O–H groups in total. The molecule has 0 saturated carbocycles. The molecule has 3 amide bonds. The topological polar surface area (TPSA) is 91.4 Å². The molecule has 0 spiro atoms. The Bertz CT molecular complexity index is 850. The number of fused-ring (bicyclic) bond motifs is 1. The van der Waals surface area contributed by atoms with Crippen molar-refractivity contribution < 1.29 is 28.2 Å². The van der Waals surface area contributed by atoms with Gasteiger partial charge in [-0.25, -0.2) is 14.0 Å². The summed E-state index contributed by atoms with van der Waals surface area (Å²) in [7, 11) is 1.35. The van der Waals surface area contributed by atoms with E-state index in [0.717, 1.165) is 0 Å². The lowest BCUT2D eigenvalue weighted by Crippen LogP contribution is -2.56. The first-order chi connectivity index (χ1) is 13.9. The standard InChI is InChI=1S/C19H23FN4O5/c1-11(25)21-6-14-9-23(19(27)29-14)13-3-4-16(15(20)5-13)24-8-12-7-22(10-17(12)24)18(26)28-2/h3-5,12,14,17H,6-10H2,1-2H3,(H,21,25)/t12-,14?,17-/m1/s1. The number of carbonyl (C=O) groups excluding carboxylic acids is 3. The Morgan fingerprint density at radius 2 is 2.07 bits per heavy atom. The van der Waals surface area contributed by atoms with Crippen molar-refractivity contribution in [1.29, 1.82) is 0 Å². The number of anilines is 2. The predicted octanol–water partition coefficient (Wildman–Crippen LogP) is 1.17. The van der Waals surface area contributed by atoms with Gasteiger partial charge in [-0.2, -0.15) is 0 Å². The number of nitrogens with one attached hydrogen (secondary N) is 1. The minimum absolute atomic E-state index is 0.0632. The number of cyclic esters (lactones) is 1. The van der Waals surface area contributed by atoms with Crippen LogP contribution in [0.2, 0.25) is 0 Å². The number of halogens is 1. The lowest BCUT2D eigenvalue weighted by atomic mass is 9.91. The molecule has 3 saturated heterocycles. The Hall–Kier alpha value is -3.04. The van der Waals surface area contributed by atoms with Crippen molar-refractivity contribution in [2.45, 2.75) is 19.1 Å². The molecule has 4 rings (SSSR count). The molecule has 3 atom stereocenters. The zero-order valence-corrected chi connectivity index (χ0v) is 16.3. The number of nitrogens with zero attached hydrogens (tertiary/aromatic N) is 3. The van der Waals surface area contributed by atoms with Crippen molar-refractivity contribution in [2.24, 2.45) is 5.92 Å². The molecule has 9 nitrogen and oxygen atoms in total. The van der Waals surface area contributed by atoms with Crippen LogP contribution in [-0.4, -0.2) is 75.0 Å². The van der Waals surface area contributed by atoms with Crippen molar-refractivity contribution in [3.63, 3.8) is 0 Å². The second-order valence-electron chi connectivity index (χ2n) is 7.54. The molecule has 0 bridgehead atoms. The molecule has 3 aliphatic heterocycles. The summed E-state index contributed by atoms with van der Waals surface area (Å²) in [4.78, 5) is 39.8. The summed E-state index contributed by atoms with van der Waals surface area (Å²) in [6.07, 6.45) is -1.41. The molecule has 0 aliphatic carbocycles.